The van der Waals surface area contributed by atoms with Crippen molar-refractivity contribution in [1.82, 2.24) is 9.80 Å². The van der Waals surface area contributed by atoms with E-state index in [4.69, 9.17) is 9.84 Å². The fourth-order valence-electron chi connectivity index (χ4n) is 2.23. The van der Waals surface area contributed by atoms with Crippen LogP contribution in [0.5, 0.6) is 0 Å². The summed E-state index contributed by atoms with van der Waals surface area (Å²) in [6.07, 6.45) is 2.55. The summed E-state index contributed by atoms with van der Waals surface area (Å²) in [4.78, 5) is 26.5. The highest BCUT2D eigenvalue weighted by molar-refractivity contribution is 5.75. The van der Waals surface area contributed by atoms with Gasteiger partial charge >= 0.3 is 12.0 Å². The van der Waals surface area contributed by atoms with Crippen molar-refractivity contribution >= 4 is 12.0 Å². The summed E-state index contributed by atoms with van der Waals surface area (Å²) in [5.41, 5.74) is -0.147. The third-order valence-electron chi connectivity index (χ3n) is 4.44. The third kappa shape index (κ3) is 5.19. The fourth-order valence-corrected chi connectivity index (χ4v) is 2.23. The lowest BCUT2D eigenvalue weighted by Crippen LogP contribution is -2.53. The van der Waals surface area contributed by atoms with Crippen molar-refractivity contribution in [2.24, 2.45) is 0 Å². The van der Waals surface area contributed by atoms with Gasteiger partial charge in [0.15, 0.2) is 0 Å². The van der Waals surface area contributed by atoms with Crippen LogP contribution < -0.4 is 0 Å². The minimum atomic E-state index is -0.842. The fraction of sp³-hybridized carbons (Fsp3) is 0.867. The minimum Gasteiger partial charge on any atom is -0.481 e. The zero-order valence-corrected chi connectivity index (χ0v) is 13.6. The molecule has 0 unspecified atom stereocenters. The van der Waals surface area contributed by atoms with E-state index in [1.807, 2.05) is 11.9 Å². The molecule has 0 aliphatic carbocycles. The molecular formula is C15H28N2O4. The first-order chi connectivity index (χ1) is 9.77. The quantitative estimate of drug-likeness (QED) is 0.816. The van der Waals surface area contributed by atoms with Gasteiger partial charge in [0.1, 0.15) is 0 Å². The molecule has 6 nitrogen and oxygen atoms in total. The van der Waals surface area contributed by atoms with Crippen LogP contribution in [0.1, 0.15) is 46.5 Å². The highest BCUT2D eigenvalue weighted by Crippen LogP contribution is 2.21. The number of nitrogens with zero attached hydrogens (tertiary/aromatic N) is 2. The van der Waals surface area contributed by atoms with E-state index in [2.05, 4.69) is 20.8 Å². The number of likely N-dealkylation sites (tertiary alicyclic amines) is 1. The van der Waals surface area contributed by atoms with Gasteiger partial charge in [0, 0.05) is 25.7 Å². The molecule has 0 saturated carbocycles. The number of carbonyl (C=O) groups is 2. The van der Waals surface area contributed by atoms with Gasteiger partial charge in [-0.2, -0.15) is 0 Å². The zero-order chi connectivity index (χ0) is 16.0. The lowest BCUT2D eigenvalue weighted by molar-refractivity contribution is -0.138. The summed E-state index contributed by atoms with van der Waals surface area (Å²) in [5, 5.41) is 8.58. The van der Waals surface area contributed by atoms with E-state index in [9.17, 15) is 9.59 Å². The Balaban J connectivity index is 2.38. The van der Waals surface area contributed by atoms with E-state index in [1.54, 1.807) is 4.90 Å². The molecule has 0 aromatic rings. The molecule has 21 heavy (non-hydrogen) atoms. The van der Waals surface area contributed by atoms with Crippen LogP contribution in [0.3, 0.4) is 0 Å². The van der Waals surface area contributed by atoms with Crippen molar-refractivity contribution < 1.29 is 19.4 Å². The van der Waals surface area contributed by atoms with Gasteiger partial charge < -0.3 is 19.6 Å². The lowest BCUT2D eigenvalue weighted by atomic mass is 10.00. The predicted molar refractivity (Wildman–Crippen MR) is 80.3 cm³/mol. The molecule has 2 amide bonds. The molecule has 1 aliphatic rings. The Hall–Kier alpha value is -1.30. The van der Waals surface area contributed by atoms with Gasteiger partial charge in [0.25, 0.3) is 0 Å². The predicted octanol–water partition coefficient (Wildman–Crippen LogP) is 2.18. The van der Waals surface area contributed by atoms with Crippen molar-refractivity contribution in [1.29, 1.82) is 0 Å². The molecule has 1 saturated heterocycles. The van der Waals surface area contributed by atoms with Gasteiger partial charge in [-0.15, -0.1) is 0 Å². The van der Waals surface area contributed by atoms with Gasteiger partial charge in [-0.25, -0.2) is 4.79 Å². The molecule has 0 radical (unpaired) electrons. The summed E-state index contributed by atoms with van der Waals surface area (Å²) >= 11 is 0. The molecule has 0 bridgehead atoms. The molecule has 0 atom stereocenters. The summed E-state index contributed by atoms with van der Waals surface area (Å²) in [6.45, 7) is 7.78. The number of amides is 2. The Bertz CT molecular complexity index is 363. The van der Waals surface area contributed by atoms with Gasteiger partial charge in [0.05, 0.1) is 19.1 Å². The number of hydrogen-bond acceptors (Lipinski definition) is 3. The normalized spacial score (nSPS) is 16.9. The molecule has 6 heteroatoms. The van der Waals surface area contributed by atoms with Gasteiger partial charge in [-0.05, 0) is 33.1 Å². The first-order valence-corrected chi connectivity index (χ1v) is 7.64. The van der Waals surface area contributed by atoms with Gasteiger partial charge in [-0.3, -0.25) is 4.79 Å². The number of aliphatic carboxylic acids is 1. The molecule has 0 aromatic heterocycles. The Labute approximate surface area is 127 Å². The summed E-state index contributed by atoms with van der Waals surface area (Å²) in [5.74, 6) is -0.842. The van der Waals surface area contributed by atoms with E-state index in [0.29, 0.717) is 13.1 Å². The Morgan fingerprint density at radius 2 is 1.90 bits per heavy atom. The molecule has 0 spiro atoms. The second kappa shape index (κ2) is 7.64. The standard InChI is InChI=1S/C15H28N2O4/c1-5-15(2,3)16(4)14(20)17-9-6-12(7-10-17)21-11-8-13(18)19/h12H,5-11H2,1-4H3,(H,18,19). The monoisotopic (exact) mass is 300 g/mol. The minimum absolute atomic E-state index is 0.0343. The van der Waals surface area contributed by atoms with Crippen molar-refractivity contribution in [3.63, 3.8) is 0 Å². The first kappa shape index (κ1) is 17.8. The molecule has 1 N–H and O–H groups in total. The van der Waals surface area contributed by atoms with E-state index in [1.165, 1.54) is 0 Å². The Kier molecular flexibility index (Phi) is 6.45. The molecule has 1 heterocycles. The first-order valence-electron chi connectivity index (χ1n) is 7.64. The number of carboxylic acid groups (broad SMARTS) is 1. The molecular weight excluding hydrogens is 272 g/mol. The van der Waals surface area contributed by atoms with Gasteiger partial charge in [-0.1, -0.05) is 6.92 Å². The van der Waals surface area contributed by atoms with Gasteiger partial charge in [0.2, 0.25) is 0 Å². The van der Waals surface area contributed by atoms with Crippen LogP contribution >= 0.6 is 0 Å². The van der Waals surface area contributed by atoms with E-state index >= 15 is 0 Å². The second-order valence-corrected chi connectivity index (χ2v) is 6.21. The Morgan fingerprint density at radius 3 is 2.38 bits per heavy atom. The van der Waals surface area contributed by atoms with E-state index in [0.717, 1.165) is 19.3 Å². The van der Waals surface area contributed by atoms with Crippen molar-refractivity contribution in [3.05, 3.63) is 0 Å². The SMILES string of the molecule is CCC(C)(C)N(C)C(=O)N1CCC(OCCC(=O)O)CC1. The van der Waals surface area contributed by atoms with Crippen LogP contribution in [0, 0.1) is 0 Å². The maximum atomic E-state index is 12.4. The highest BCUT2D eigenvalue weighted by atomic mass is 16.5. The highest BCUT2D eigenvalue weighted by Gasteiger charge is 2.31. The number of carbonyl (C=O) groups excluding carboxylic acids is 1. The van der Waals surface area contributed by atoms with Crippen LogP contribution in [-0.4, -0.2) is 65.3 Å². The maximum Gasteiger partial charge on any atom is 0.320 e. The number of ether oxygens (including phenoxy) is 1. The third-order valence-corrected chi connectivity index (χ3v) is 4.44. The lowest BCUT2D eigenvalue weighted by Gasteiger charge is -2.40. The second-order valence-electron chi connectivity index (χ2n) is 6.21. The number of urea groups is 1. The van der Waals surface area contributed by atoms with Crippen LogP contribution in [0.4, 0.5) is 4.79 Å². The number of hydrogen-bond donors (Lipinski definition) is 1. The van der Waals surface area contributed by atoms with Crippen molar-refractivity contribution in [2.75, 3.05) is 26.7 Å². The van der Waals surface area contributed by atoms with Crippen molar-refractivity contribution in [2.45, 2.75) is 58.1 Å². The Morgan fingerprint density at radius 1 is 1.33 bits per heavy atom. The average Bonchev–Trinajstić information content (AvgIpc) is 2.46. The summed E-state index contributed by atoms with van der Waals surface area (Å²) < 4.78 is 5.54. The zero-order valence-electron chi connectivity index (χ0n) is 13.6. The molecule has 122 valence electrons. The number of rotatable bonds is 6. The van der Waals surface area contributed by atoms with Crippen molar-refractivity contribution in [3.8, 4) is 0 Å². The van der Waals surface area contributed by atoms with E-state index in [-0.39, 0.29) is 30.7 Å². The largest absolute Gasteiger partial charge is 0.481 e. The van der Waals surface area contributed by atoms with Crippen LogP contribution in [0.2, 0.25) is 0 Å². The summed E-state index contributed by atoms with van der Waals surface area (Å²) in [6, 6.07) is 0.0610. The van der Waals surface area contributed by atoms with E-state index < -0.39 is 5.97 Å². The summed E-state index contributed by atoms with van der Waals surface area (Å²) in [7, 11) is 1.85. The maximum absolute atomic E-state index is 12.4. The molecule has 1 aliphatic heterocycles. The van der Waals surface area contributed by atoms with Crippen LogP contribution in [-0.2, 0) is 9.53 Å². The number of carboxylic acids is 1. The van der Waals surface area contributed by atoms with Crippen LogP contribution in [0.25, 0.3) is 0 Å². The average molecular weight is 300 g/mol. The topological polar surface area (TPSA) is 70.1 Å². The smallest absolute Gasteiger partial charge is 0.320 e. The molecule has 1 rings (SSSR count). The molecule has 0 aromatic carbocycles. The number of piperidine rings is 1. The van der Waals surface area contributed by atoms with Crippen LogP contribution in [0.15, 0.2) is 0 Å². The molecule has 1 fully saturated rings.